The van der Waals surface area contributed by atoms with Crippen molar-refractivity contribution < 1.29 is 14.4 Å². The first kappa shape index (κ1) is 17.2. The molecule has 1 aliphatic heterocycles. The van der Waals surface area contributed by atoms with Crippen LogP contribution in [0.2, 0.25) is 5.02 Å². The molecule has 0 aliphatic carbocycles. The van der Waals surface area contributed by atoms with Gasteiger partial charge in [0.2, 0.25) is 11.8 Å². The number of hydrogen-bond donors (Lipinski definition) is 0. The highest BCUT2D eigenvalue weighted by Crippen LogP contribution is 2.27. The molecule has 0 radical (unpaired) electrons. The van der Waals surface area contributed by atoms with Gasteiger partial charge in [-0.15, -0.1) is 0 Å². The third-order valence-electron chi connectivity index (χ3n) is 4.18. The molecule has 2 aromatic carbocycles. The Balaban J connectivity index is 1.86. The largest absolute Gasteiger partial charge is 0.326 e. The van der Waals surface area contributed by atoms with Gasteiger partial charge < -0.3 is 4.90 Å². The average Bonchev–Trinajstić information content (AvgIpc) is 2.89. The van der Waals surface area contributed by atoms with E-state index >= 15 is 0 Å². The molecule has 1 saturated heterocycles. The molecule has 5 nitrogen and oxygen atoms in total. The van der Waals surface area contributed by atoms with Crippen molar-refractivity contribution in [2.45, 2.75) is 25.9 Å². The van der Waals surface area contributed by atoms with E-state index in [0.717, 1.165) is 10.5 Å². The Kier molecular flexibility index (Phi) is 4.86. The minimum atomic E-state index is -0.791. The van der Waals surface area contributed by atoms with Crippen LogP contribution in [0, 0.1) is 0 Å². The molecule has 3 amide bonds. The molecule has 1 heterocycles. The smallest absolute Gasteiger partial charge is 0.257 e. The molecule has 0 N–H and O–H groups in total. The molecule has 1 fully saturated rings. The Morgan fingerprint density at radius 3 is 2.36 bits per heavy atom. The first-order valence-corrected chi connectivity index (χ1v) is 8.28. The molecule has 2 aromatic rings. The molecule has 128 valence electrons. The number of carbonyl (C=O) groups excluding carboxylic acids is 3. The van der Waals surface area contributed by atoms with Crippen molar-refractivity contribution in [3.8, 4) is 0 Å². The lowest BCUT2D eigenvalue weighted by Crippen LogP contribution is -2.44. The lowest BCUT2D eigenvalue weighted by atomic mass is 10.1. The first-order valence-electron chi connectivity index (χ1n) is 7.91. The molecular weight excluding hydrogens is 340 g/mol. The van der Waals surface area contributed by atoms with E-state index in [2.05, 4.69) is 0 Å². The van der Waals surface area contributed by atoms with E-state index in [-0.39, 0.29) is 24.8 Å². The minimum absolute atomic E-state index is 0.0200. The van der Waals surface area contributed by atoms with Gasteiger partial charge in [0.05, 0.1) is 12.1 Å². The Morgan fingerprint density at radius 2 is 1.76 bits per heavy atom. The Bertz CT molecular complexity index is 805. The van der Waals surface area contributed by atoms with Gasteiger partial charge in [0.1, 0.15) is 6.04 Å². The van der Waals surface area contributed by atoms with E-state index in [4.69, 9.17) is 11.6 Å². The topological polar surface area (TPSA) is 57.7 Å². The van der Waals surface area contributed by atoms with Crippen LogP contribution in [0.15, 0.2) is 54.6 Å². The number of carbonyl (C=O) groups is 3. The number of nitrogens with zero attached hydrogens (tertiary/aromatic N) is 2. The molecule has 0 saturated carbocycles. The standard InChI is InChI=1S/C19H17ClN2O3/c1-13(23)21(12-14-5-3-2-4-6-14)17-11-18(24)22(19(17)25)16-9-7-15(20)8-10-16/h2-10,17H,11-12H2,1H3. The van der Waals surface area contributed by atoms with Gasteiger partial charge in [-0.2, -0.15) is 0 Å². The molecule has 1 unspecified atom stereocenters. The summed E-state index contributed by atoms with van der Waals surface area (Å²) in [5.74, 6) is -0.956. The number of anilines is 1. The summed E-state index contributed by atoms with van der Waals surface area (Å²) >= 11 is 5.86. The Morgan fingerprint density at radius 1 is 1.12 bits per heavy atom. The average molecular weight is 357 g/mol. The summed E-state index contributed by atoms with van der Waals surface area (Å²) in [7, 11) is 0. The fourth-order valence-corrected chi connectivity index (χ4v) is 3.07. The predicted molar refractivity (Wildman–Crippen MR) is 95.0 cm³/mol. The summed E-state index contributed by atoms with van der Waals surface area (Å²) < 4.78 is 0. The van der Waals surface area contributed by atoms with Crippen molar-refractivity contribution in [1.29, 1.82) is 0 Å². The Labute approximate surface area is 150 Å². The summed E-state index contributed by atoms with van der Waals surface area (Å²) in [5.41, 5.74) is 1.37. The van der Waals surface area contributed by atoms with Gasteiger partial charge in [0.15, 0.2) is 0 Å². The van der Waals surface area contributed by atoms with E-state index in [9.17, 15) is 14.4 Å². The molecule has 0 spiro atoms. The van der Waals surface area contributed by atoms with Crippen LogP contribution in [-0.2, 0) is 20.9 Å². The zero-order chi connectivity index (χ0) is 18.0. The van der Waals surface area contributed by atoms with Crippen LogP contribution in [-0.4, -0.2) is 28.7 Å². The molecule has 6 heteroatoms. The highest BCUT2D eigenvalue weighted by Gasteiger charge is 2.43. The van der Waals surface area contributed by atoms with Crippen LogP contribution in [0.4, 0.5) is 5.69 Å². The third-order valence-corrected chi connectivity index (χ3v) is 4.44. The summed E-state index contributed by atoms with van der Waals surface area (Å²) in [6, 6.07) is 15.1. The number of hydrogen-bond acceptors (Lipinski definition) is 3. The molecule has 0 bridgehead atoms. The van der Waals surface area contributed by atoms with Gasteiger partial charge in [0, 0.05) is 18.5 Å². The van der Waals surface area contributed by atoms with Crippen molar-refractivity contribution >= 4 is 35.0 Å². The maximum atomic E-state index is 12.8. The fraction of sp³-hybridized carbons (Fsp3) is 0.211. The van der Waals surface area contributed by atoms with Crippen molar-refractivity contribution in [3.63, 3.8) is 0 Å². The molecular formula is C19H17ClN2O3. The number of benzene rings is 2. The highest BCUT2D eigenvalue weighted by molar-refractivity contribution is 6.30. The van der Waals surface area contributed by atoms with Crippen LogP contribution >= 0.6 is 11.6 Å². The van der Waals surface area contributed by atoms with E-state index in [1.54, 1.807) is 24.3 Å². The predicted octanol–water partition coefficient (Wildman–Crippen LogP) is 3.02. The zero-order valence-electron chi connectivity index (χ0n) is 13.7. The summed E-state index contributed by atoms with van der Waals surface area (Å²) in [6.45, 7) is 1.69. The maximum absolute atomic E-state index is 12.8. The summed E-state index contributed by atoms with van der Waals surface area (Å²) in [4.78, 5) is 39.9. The quantitative estimate of drug-likeness (QED) is 0.791. The normalized spacial score (nSPS) is 17.0. The van der Waals surface area contributed by atoms with Crippen LogP contribution < -0.4 is 4.90 Å². The van der Waals surface area contributed by atoms with Crippen molar-refractivity contribution in [1.82, 2.24) is 4.90 Å². The van der Waals surface area contributed by atoms with Gasteiger partial charge in [-0.05, 0) is 29.8 Å². The lowest BCUT2D eigenvalue weighted by molar-refractivity contribution is -0.137. The van der Waals surface area contributed by atoms with Crippen LogP contribution in [0.5, 0.6) is 0 Å². The molecule has 1 aliphatic rings. The second-order valence-electron chi connectivity index (χ2n) is 5.90. The number of rotatable bonds is 4. The lowest BCUT2D eigenvalue weighted by Gasteiger charge is -2.26. The maximum Gasteiger partial charge on any atom is 0.257 e. The van der Waals surface area contributed by atoms with Gasteiger partial charge in [-0.1, -0.05) is 41.9 Å². The molecule has 0 aromatic heterocycles. The summed E-state index contributed by atoms with van der Waals surface area (Å²) in [6.07, 6.45) is -0.0200. The molecule has 3 rings (SSSR count). The number of imide groups is 1. The van der Waals surface area contributed by atoms with E-state index in [1.165, 1.54) is 11.8 Å². The first-order chi connectivity index (χ1) is 12.0. The zero-order valence-corrected chi connectivity index (χ0v) is 14.4. The molecule has 1 atom stereocenters. The van der Waals surface area contributed by atoms with Gasteiger partial charge >= 0.3 is 0 Å². The fourth-order valence-electron chi connectivity index (χ4n) is 2.94. The van der Waals surface area contributed by atoms with Crippen molar-refractivity contribution in [2.75, 3.05) is 4.90 Å². The van der Waals surface area contributed by atoms with Crippen molar-refractivity contribution in [3.05, 3.63) is 65.2 Å². The minimum Gasteiger partial charge on any atom is -0.326 e. The van der Waals surface area contributed by atoms with E-state index < -0.39 is 11.9 Å². The van der Waals surface area contributed by atoms with Gasteiger partial charge in [0.25, 0.3) is 5.91 Å². The summed E-state index contributed by atoms with van der Waals surface area (Å²) in [5, 5.41) is 0.522. The third kappa shape index (κ3) is 3.56. The van der Waals surface area contributed by atoms with Crippen LogP contribution in [0.25, 0.3) is 0 Å². The SMILES string of the molecule is CC(=O)N(Cc1ccccc1)C1CC(=O)N(c2ccc(Cl)cc2)C1=O. The van der Waals surface area contributed by atoms with E-state index in [1.807, 2.05) is 30.3 Å². The number of halogens is 1. The van der Waals surface area contributed by atoms with Crippen LogP contribution in [0.3, 0.4) is 0 Å². The van der Waals surface area contributed by atoms with Gasteiger partial charge in [-0.3, -0.25) is 14.4 Å². The molecule has 25 heavy (non-hydrogen) atoms. The highest BCUT2D eigenvalue weighted by atomic mass is 35.5. The van der Waals surface area contributed by atoms with Gasteiger partial charge in [-0.25, -0.2) is 4.90 Å². The second kappa shape index (κ2) is 7.07. The number of amides is 3. The van der Waals surface area contributed by atoms with Crippen LogP contribution in [0.1, 0.15) is 18.9 Å². The van der Waals surface area contributed by atoms with E-state index in [0.29, 0.717) is 10.7 Å². The second-order valence-corrected chi connectivity index (χ2v) is 6.33. The Hall–Kier alpha value is -2.66. The van der Waals surface area contributed by atoms with Crippen molar-refractivity contribution in [2.24, 2.45) is 0 Å². The monoisotopic (exact) mass is 356 g/mol.